The molecule has 7 nitrogen and oxygen atoms in total. The number of hydrogen-bond donors (Lipinski definition) is 2. The minimum Gasteiger partial charge on any atom is -0.368 e. The van der Waals surface area contributed by atoms with Gasteiger partial charge < -0.3 is 15.3 Å². The molecule has 0 aromatic carbocycles. The second-order valence-electron chi connectivity index (χ2n) is 7.68. The van der Waals surface area contributed by atoms with Crippen LogP contribution in [0.4, 0.5) is 24.1 Å². The van der Waals surface area contributed by atoms with Gasteiger partial charge in [-0.1, -0.05) is 0 Å². The number of aliphatic hydroxyl groups excluding tert-OH is 1. The topological polar surface area (TPSA) is 78.6 Å². The highest BCUT2D eigenvalue weighted by Crippen LogP contribution is 2.35. The van der Waals surface area contributed by atoms with Crippen molar-refractivity contribution in [3.63, 3.8) is 0 Å². The third-order valence-electron chi connectivity index (χ3n) is 5.69. The van der Waals surface area contributed by atoms with Crippen molar-refractivity contribution in [3.8, 4) is 0 Å². The van der Waals surface area contributed by atoms with Gasteiger partial charge in [-0.25, -0.2) is 14.5 Å². The summed E-state index contributed by atoms with van der Waals surface area (Å²) in [7, 11) is 0. The van der Waals surface area contributed by atoms with Gasteiger partial charge in [-0.2, -0.15) is 13.2 Å². The van der Waals surface area contributed by atoms with E-state index in [2.05, 4.69) is 20.4 Å². The van der Waals surface area contributed by atoms with E-state index >= 15 is 0 Å². The van der Waals surface area contributed by atoms with Crippen LogP contribution in [0.2, 0.25) is 0 Å². The number of aliphatic hydroxyl groups is 1. The Balaban J connectivity index is 1.42. The van der Waals surface area contributed by atoms with E-state index in [0.717, 1.165) is 31.4 Å². The third-order valence-corrected chi connectivity index (χ3v) is 6.77. The summed E-state index contributed by atoms with van der Waals surface area (Å²) in [6.07, 6.45) is 0.756. The van der Waals surface area contributed by atoms with Gasteiger partial charge in [-0.05, 0) is 50.7 Å². The van der Waals surface area contributed by atoms with Gasteiger partial charge in [0, 0.05) is 11.4 Å². The average Bonchev–Trinajstić information content (AvgIpc) is 3.43. The van der Waals surface area contributed by atoms with E-state index in [0.29, 0.717) is 22.9 Å². The Morgan fingerprint density at radius 3 is 2.83 bits per heavy atom. The van der Waals surface area contributed by atoms with Crippen molar-refractivity contribution in [1.29, 1.82) is 0 Å². The van der Waals surface area contributed by atoms with Gasteiger partial charge in [0.15, 0.2) is 17.0 Å². The lowest BCUT2D eigenvalue weighted by molar-refractivity contribution is -0.146. The van der Waals surface area contributed by atoms with Crippen LogP contribution in [0.1, 0.15) is 48.2 Å². The number of halogens is 3. The molecule has 1 saturated heterocycles. The van der Waals surface area contributed by atoms with E-state index in [1.165, 1.54) is 31.8 Å². The van der Waals surface area contributed by atoms with Gasteiger partial charge >= 0.3 is 6.18 Å². The highest BCUT2D eigenvalue weighted by molar-refractivity contribution is 7.15. The summed E-state index contributed by atoms with van der Waals surface area (Å²) >= 11 is 1.53. The minimum absolute atomic E-state index is 0.0545. The molecule has 3 aromatic rings. The Morgan fingerprint density at radius 1 is 1.20 bits per heavy atom. The number of anilines is 2. The van der Waals surface area contributed by atoms with Gasteiger partial charge in [0.05, 0.1) is 11.9 Å². The van der Waals surface area contributed by atoms with Gasteiger partial charge in [0.2, 0.25) is 0 Å². The number of nitrogens with one attached hydrogen (secondary N) is 1. The standard InChI is InChI=1S/C19H21F3N6OS/c20-19(21,22)14-6-3-9-27(14)16-8-7-15-23-10-12(28(15)26-16)17(29)25-18-24-11-4-1-2-5-13(11)30-18/h7-8,10,14,17,29H,1-6,9H2,(H,24,25). The number of thiazole rings is 1. The molecule has 160 valence electrons. The van der Waals surface area contributed by atoms with Gasteiger partial charge in [0.1, 0.15) is 17.6 Å². The second-order valence-corrected chi connectivity index (χ2v) is 8.76. The average molecular weight is 438 g/mol. The van der Waals surface area contributed by atoms with Crippen LogP contribution < -0.4 is 10.2 Å². The van der Waals surface area contributed by atoms with Crippen LogP contribution in [0.5, 0.6) is 0 Å². The summed E-state index contributed by atoms with van der Waals surface area (Å²) in [5, 5.41) is 18.7. The lowest BCUT2D eigenvalue weighted by atomic mass is 10.0. The first-order valence-corrected chi connectivity index (χ1v) is 10.8. The van der Waals surface area contributed by atoms with E-state index in [4.69, 9.17) is 0 Å². The lowest BCUT2D eigenvalue weighted by Crippen LogP contribution is -2.41. The minimum atomic E-state index is -4.31. The maximum Gasteiger partial charge on any atom is 0.408 e. The maximum absolute atomic E-state index is 13.4. The molecule has 0 saturated carbocycles. The zero-order valence-electron chi connectivity index (χ0n) is 16.1. The molecule has 2 aliphatic rings. The lowest BCUT2D eigenvalue weighted by Gasteiger charge is -2.27. The van der Waals surface area contributed by atoms with E-state index in [1.807, 2.05) is 0 Å². The smallest absolute Gasteiger partial charge is 0.368 e. The van der Waals surface area contributed by atoms with Crippen LogP contribution in [-0.4, -0.2) is 43.5 Å². The Morgan fingerprint density at radius 2 is 2.03 bits per heavy atom. The van der Waals surface area contributed by atoms with Crippen molar-refractivity contribution in [2.45, 2.75) is 57.0 Å². The number of aryl methyl sites for hydroxylation is 2. The number of fused-ring (bicyclic) bond motifs is 2. The molecule has 0 radical (unpaired) electrons. The molecular weight excluding hydrogens is 417 g/mol. The quantitative estimate of drug-likeness (QED) is 0.605. The largest absolute Gasteiger partial charge is 0.408 e. The molecule has 2 unspecified atom stereocenters. The Hall–Kier alpha value is -2.40. The monoisotopic (exact) mass is 438 g/mol. The van der Waals surface area contributed by atoms with Crippen molar-refractivity contribution in [1.82, 2.24) is 19.6 Å². The molecule has 0 amide bonds. The molecule has 11 heteroatoms. The molecule has 3 aromatic heterocycles. The van der Waals surface area contributed by atoms with Crippen LogP contribution in [0.3, 0.4) is 0 Å². The molecule has 2 N–H and O–H groups in total. The molecule has 2 atom stereocenters. The van der Waals surface area contributed by atoms with Crippen molar-refractivity contribution in [3.05, 3.63) is 34.6 Å². The fraction of sp³-hybridized carbons (Fsp3) is 0.526. The van der Waals surface area contributed by atoms with Crippen molar-refractivity contribution < 1.29 is 18.3 Å². The van der Waals surface area contributed by atoms with Gasteiger partial charge in [-0.3, -0.25) is 0 Å². The van der Waals surface area contributed by atoms with Crippen LogP contribution in [0.25, 0.3) is 5.65 Å². The third kappa shape index (κ3) is 3.49. The first-order chi connectivity index (χ1) is 14.4. The summed E-state index contributed by atoms with van der Waals surface area (Å²) in [6.45, 7) is 0.290. The summed E-state index contributed by atoms with van der Waals surface area (Å²) in [6, 6.07) is 1.62. The number of aromatic nitrogens is 4. The molecule has 0 spiro atoms. The van der Waals surface area contributed by atoms with E-state index < -0.39 is 18.4 Å². The van der Waals surface area contributed by atoms with Crippen molar-refractivity contribution >= 4 is 27.9 Å². The summed E-state index contributed by atoms with van der Waals surface area (Å²) in [5.74, 6) is 0.221. The van der Waals surface area contributed by atoms with Crippen molar-refractivity contribution in [2.24, 2.45) is 0 Å². The Bertz CT molecular complexity index is 1040. The zero-order chi connectivity index (χ0) is 20.9. The number of hydrogen-bond acceptors (Lipinski definition) is 7. The number of imidazole rings is 1. The highest BCUT2D eigenvalue weighted by Gasteiger charge is 2.46. The zero-order valence-corrected chi connectivity index (χ0v) is 16.9. The Kier molecular flexibility index (Phi) is 4.81. The van der Waals surface area contributed by atoms with Crippen LogP contribution in [0.15, 0.2) is 18.3 Å². The molecule has 0 bridgehead atoms. The Labute approximate surface area is 174 Å². The number of nitrogens with zero attached hydrogens (tertiary/aromatic N) is 5. The maximum atomic E-state index is 13.4. The molecule has 4 heterocycles. The van der Waals surface area contributed by atoms with Crippen LogP contribution in [-0.2, 0) is 12.8 Å². The highest BCUT2D eigenvalue weighted by atomic mass is 32.1. The molecule has 1 aliphatic heterocycles. The molecule has 5 rings (SSSR count). The van der Waals surface area contributed by atoms with Gasteiger partial charge in [0.25, 0.3) is 0 Å². The SMILES string of the molecule is OC(Nc1nc2c(s1)CCCC2)c1cnc2ccc(N3CCCC3C(F)(F)F)nn12. The predicted molar refractivity (Wildman–Crippen MR) is 107 cm³/mol. The van der Waals surface area contributed by atoms with Crippen LogP contribution >= 0.6 is 11.3 Å². The first-order valence-electron chi connectivity index (χ1n) is 10.0. The van der Waals surface area contributed by atoms with Crippen LogP contribution in [0, 0.1) is 0 Å². The van der Waals surface area contributed by atoms with Gasteiger partial charge in [-0.15, -0.1) is 16.4 Å². The fourth-order valence-electron chi connectivity index (χ4n) is 4.21. The fourth-order valence-corrected chi connectivity index (χ4v) is 5.28. The summed E-state index contributed by atoms with van der Waals surface area (Å²) in [5.41, 5.74) is 1.88. The second kappa shape index (κ2) is 7.38. The number of rotatable bonds is 4. The predicted octanol–water partition coefficient (Wildman–Crippen LogP) is 3.70. The molecule has 1 fully saturated rings. The molecule has 30 heavy (non-hydrogen) atoms. The molecular formula is C19H21F3N6OS. The first kappa shape index (κ1) is 19.6. The van der Waals surface area contributed by atoms with E-state index in [-0.39, 0.29) is 18.8 Å². The van der Waals surface area contributed by atoms with E-state index in [9.17, 15) is 18.3 Å². The number of alkyl halides is 3. The summed E-state index contributed by atoms with van der Waals surface area (Å²) < 4.78 is 41.5. The normalized spacial score (nSPS) is 20.5. The summed E-state index contributed by atoms with van der Waals surface area (Å²) in [4.78, 5) is 11.3. The van der Waals surface area contributed by atoms with Crippen molar-refractivity contribution in [2.75, 3.05) is 16.8 Å². The molecule has 1 aliphatic carbocycles. The van der Waals surface area contributed by atoms with E-state index in [1.54, 1.807) is 12.1 Å².